The number of hydrogen-bond acceptors (Lipinski definition) is 7. The number of rotatable bonds is 9. The van der Waals surface area contributed by atoms with Crippen molar-refractivity contribution in [1.29, 1.82) is 0 Å². The van der Waals surface area contributed by atoms with E-state index in [1.54, 1.807) is 18.2 Å². The van der Waals surface area contributed by atoms with Crippen LogP contribution in [0.1, 0.15) is 92.9 Å². The smallest absolute Gasteiger partial charge is 0.167 e. The monoisotopic (exact) mass is 637 g/mol. The van der Waals surface area contributed by atoms with Crippen LogP contribution < -0.4 is 4.74 Å². The van der Waals surface area contributed by atoms with Crippen LogP contribution in [0.4, 0.5) is 0 Å². The predicted octanol–water partition coefficient (Wildman–Crippen LogP) is 9.24. The van der Waals surface area contributed by atoms with Crippen molar-refractivity contribution in [3.8, 4) is 45.7 Å². The lowest BCUT2D eigenvalue weighted by Gasteiger charge is -2.21. The maximum Gasteiger partial charge on any atom is 0.167 e. The van der Waals surface area contributed by atoms with Gasteiger partial charge in [0.25, 0.3) is 0 Å². The molecule has 5 rings (SSSR count). The van der Waals surface area contributed by atoms with Gasteiger partial charge >= 0.3 is 0 Å². The highest BCUT2D eigenvalue weighted by Gasteiger charge is 2.18. The standard InChI is InChI=1S/C40H51N3O4/c1-27-16-19-34(29(3)22-27)38-41-39(35-20-17-28(2)23-30(35)4)43-40(42-38)36-21-18-33(24-37(36)45)47-26-31(44)25-46-32-14-12-10-8-6-5-7-9-11-13-15-32/h16-24,31-32,44-45H,5-15,25-26H2,1-4H3. The van der Waals surface area contributed by atoms with E-state index in [4.69, 9.17) is 24.4 Å². The number of aliphatic hydroxyl groups excluding tert-OH is 1. The molecule has 47 heavy (non-hydrogen) atoms. The lowest BCUT2D eigenvalue weighted by molar-refractivity contribution is -0.0316. The van der Waals surface area contributed by atoms with Crippen molar-refractivity contribution < 1.29 is 19.7 Å². The normalized spacial score (nSPS) is 15.9. The summed E-state index contributed by atoms with van der Waals surface area (Å²) in [6.45, 7) is 8.54. The second-order valence-electron chi connectivity index (χ2n) is 13.3. The second-order valence-corrected chi connectivity index (χ2v) is 13.3. The van der Waals surface area contributed by atoms with E-state index in [2.05, 4.69) is 26.0 Å². The first-order chi connectivity index (χ1) is 22.8. The fraction of sp³-hybridized carbons (Fsp3) is 0.475. The molecule has 0 amide bonds. The number of ether oxygens (including phenoxy) is 2. The fourth-order valence-electron chi connectivity index (χ4n) is 6.44. The Bertz CT molecular complexity index is 1540. The SMILES string of the molecule is Cc1ccc(-c2nc(-c3ccc(C)cc3C)nc(-c3ccc(OCC(O)COC4CCCCCCCCCCC4)cc3O)n2)c(C)c1. The van der Waals surface area contributed by atoms with Gasteiger partial charge in [0, 0.05) is 17.2 Å². The van der Waals surface area contributed by atoms with Crippen LogP contribution in [-0.4, -0.2) is 50.6 Å². The highest BCUT2D eigenvalue weighted by atomic mass is 16.5. The molecule has 1 aromatic heterocycles. The molecule has 1 unspecified atom stereocenters. The van der Waals surface area contributed by atoms with Gasteiger partial charge in [0.2, 0.25) is 0 Å². The van der Waals surface area contributed by atoms with Crippen molar-refractivity contribution in [2.45, 2.75) is 111 Å². The van der Waals surface area contributed by atoms with Gasteiger partial charge in [-0.1, -0.05) is 105 Å². The van der Waals surface area contributed by atoms with Crippen molar-refractivity contribution in [2.75, 3.05) is 13.2 Å². The van der Waals surface area contributed by atoms with Gasteiger partial charge in [-0.3, -0.25) is 0 Å². The molecule has 1 fully saturated rings. The summed E-state index contributed by atoms with van der Waals surface area (Å²) in [6.07, 6.45) is 13.1. The third-order valence-electron chi connectivity index (χ3n) is 9.11. The Balaban J connectivity index is 1.29. The molecular weight excluding hydrogens is 586 g/mol. The summed E-state index contributed by atoms with van der Waals surface area (Å²) < 4.78 is 12.0. The molecule has 4 aromatic rings. The van der Waals surface area contributed by atoms with Gasteiger partial charge in [-0.05, 0) is 63.8 Å². The molecule has 1 aliphatic rings. The molecule has 1 heterocycles. The Hall–Kier alpha value is -3.81. The molecule has 1 atom stereocenters. The number of aliphatic hydroxyl groups is 1. The largest absolute Gasteiger partial charge is 0.507 e. The number of aryl methyl sites for hydroxylation is 4. The number of phenols is 1. The quantitative estimate of drug-likeness (QED) is 0.189. The van der Waals surface area contributed by atoms with E-state index < -0.39 is 6.10 Å². The maximum absolute atomic E-state index is 11.2. The number of benzene rings is 3. The van der Waals surface area contributed by atoms with Crippen LogP contribution in [0.2, 0.25) is 0 Å². The average molecular weight is 638 g/mol. The molecule has 250 valence electrons. The zero-order valence-electron chi connectivity index (χ0n) is 28.6. The second kappa shape index (κ2) is 16.8. The van der Waals surface area contributed by atoms with Gasteiger partial charge in [-0.15, -0.1) is 0 Å². The van der Waals surface area contributed by atoms with Crippen LogP contribution >= 0.6 is 0 Å². The Morgan fingerprint density at radius 3 is 1.57 bits per heavy atom. The highest BCUT2D eigenvalue weighted by Crippen LogP contribution is 2.34. The van der Waals surface area contributed by atoms with Crippen LogP contribution in [0.3, 0.4) is 0 Å². The first kappa shape index (κ1) is 34.5. The van der Waals surface area contributed by atoms with Crippen molar-refractivity contribution >= 4 is 0 Å². The van der Waals surface area contributed by atoms with Crippen LogP contribution in [0.5, 0.6) is 11.5 Å². The molecule has 0 aliphatic heterocycles. The first-order valence-corrected chi connectivity index (χ1v) is 17.4. The lowest BCUT2D eigenvalue weighted by Crippen LogP contribution is -2.27. The zero-order chi connectivity index (χ0) is 33.2. The van der Waals surface area contributed by atoms with Crippen molar-refractivity contribution in [3.05, 3.63) is 76.9 Å². The van der Waals surface area contributed by atoms with E-state index in [9.17, 15) is 10.2 Å². The van der Waals surface area contributed by atoms with E-state index in [1.165, 1.54) is 57.8 Å². The fourth-order valence-corrected chi connectivity index (χ4v) is 6.44. The number of hydrogen-bond donors (Lipinski definition) is 2. The molecule has 3 aromatic carbocycles. The van der Waals surface area contributed by atoms with Crippen molar-refractivity contribution in [1.82, 2.24) is 15.0 Å². The Labute approximate surface area is 280 Å². The molecule has 2 N–H and O–H groups in total. The molecule has 0 saturated heterocycles. The molecule has 1 saturated carbocycles. The van der Waals surface area contributed by atoms with Crippen LogP contribution in [0.25, 0.3) is 34.2 Å². The highest BCUT2D eigenvalue weighted by molar-refractivity contribution is 5.72. The summed E-state index contributed by atoms with van der Waals surface area (Å²) in [7, 11) is 0. The molecule has 0 spiro atoms. The minimum atomic E-state index is -0.762. The molecule has 7 heteroatoms. The van der Waals surface area contributed by atoms with Gasteiger partial charge in [0.15, 0.2) is 17.5 Å². The number of aromatic hydroxyl groups is 1. The third kappa shape index (κ3) is 9.85. The van der Waals surface area contributed by atoms with E-state index in [0.717, 1.165) is 46.2 Å². The van der Waals surface area contributed by atoms with E-state index in [-0.39, 0.29) is 25.1 Å². The topological polar surface area (TPSA) is 97.6 Å². The lowest BCUT2D eigenvalue weighted by atomic mass is 9.99. The van der Waals surface area contributed by atoms with E-state index in [1.807, 2.05) is 38.1 Å². The minimum Gasteiger partial charge on any atom is -0.507 e. The molecular formula is C40H51N3O4. The number of aromatic nitrogens is 3. The van der Waals surface area contributed by atoms with Crippen LogP contribution in [0, 0.1) is 27.7 Å². The van der Waals surface area contributed by atoms with E-state index >= 15 is 0 Å². The summed E-state index contributed by atoms with van der Waals surface area (Å²) in [5, 5.41) is 21.8. The Kier molecular flexibility index (Phi) is 12.4. The first-order valence-electron chi connectivity index (χ1n) is 17.4. The summed E-state index contributed by atoms with van der Waals surface area (Å²) in [5.41, 5.74) is 6.76. The number of nitrogens with zero attached hydrogens (tertiary/aromatic N) is 3. The predicted molar refractivity (Wildman–Crippen MR) is 189 cm³/mol. The number of phenolic OH excluding ortho intramolecular Hbond substituents is 1. The van der Waals surface area contributed by atoms with Gasteiger partial charge in [-0.2, -0.15) is 0 Å². The molecule has 1 aliphatic carbocycles. The van der Waals surface area contributed by atoms with Crippen molar-refractivity contribution in [2.24, 2.45) is 0 Å². The summed E-state index contributed by atoms with van der Waals surface area (Å²) >= 11 is 0. The Morgan fingerprint density at radius 2 is 1.09 bits per heavy atom. The van der Waals surface area contributed by atoms with Gasteiger partial charge < -0.3 is 19.7 Å². The van der Waals surface area contributed by atoms with Gasteiger partial charge in [0.05, 0.1) is 18.3 Å². The van der Waals surface area contributed by atoms with Gasteiger partial charge in [-0.25, -0.2) is 15.0 Å². The maximum atomic E-state index is 11.2. The minimum absolute atomic E-state index is 0.00850. The Morgan fingerprint density at radius 1 is 0.617 bits per heavy atom. The summed E-state index contributed by atoms with van der Waals surface area (Å²) in [5.74, 6) is 1.92. The van der Waals surface area contributed by atoms with Crippen molar-refractivity contribution in [3.63, 3.8) is 0 Å². The van der Waals surface area contributed by atoms with Crippen LogP contribution in [0.15, 0.2) is 54.6 Å². The molecule has 0 radical (unpaired) electrons. The average Bonchev–Trinajstić information content (AvgIpc) is 3.03. The molecule has 7 nitrogen and oxygen atoms in total. The third-order valence-corrected chi connectivity index (χ3v) is 9.11. The van der Waals surface area contributed by atoms with Crippen LogP contribution in [-0.2, 0) is 4.74 Å². The van der Waals surface area contributed by atoms with E-state index in [0.29, 0.717) is 28.8 Å². The summed E-state index contributed by atoms with van der Waals surface area (Å²) in [6, 6.07) is 17.5. The molecule has 0 bridgehead atoms. The van der Waals surface area contributed by atoms with Gasteiger partial charge in [0.1, 0.15) is 24.2 Å². The summed E-state index contributed by atoms with van der Waals surface area (Å²) in [4.78, 5) is 14.5. The zero-order valence-corrected chi connectivity index (χ0v) is 28.6.